The van der Waals surface area contributed by atoms with Crippen LogP contribution in [0.5, 0.6) is 0 Å². The zero-order valence-corrected chi connectivity index (χ0v) is 13.2. The third-order valence-corrected chi connectivity index (χ3v) is 4.48. The Labute approximate surface area is 137 Å². The van der Waals surface area contributed by atoms with E-state index >= 15 is 0 Å². The molecule has 6 heteroatoms. The molecule has 3 aromatic rings. The number of carbonyl (C=O) groups is 1. The second kappa shape index (κ2) is 6.66. The van der Waals surface area contributed by atoms with Crippen LogP contribution in [-0.4, -0.2) is 15.9 Å². The van der Waals surface area contributed by atoms with Crippen molar-refractivity contribution in [3.05, 3.63) is 65.2 Å². The Bertz CT molecular complexity index is 833. The first-order chi connectivity index (χ1) is 11.1. The van der Waals surface area contributed by atoms with E-state index in [0.717, 1.165) is 21.1 Å². The predicted octanol–water partition coefficient (Wildman–Crippen LogP) is 3.83. The third-order valence-electron chi connectivity index (χ3n) is 3.27. The zero-order valence-electron chi connectivity index (χ0n) is 12.4. The summed E-state index contributed by atoms with van der Waals surface area (Å²) in [5.74, 6) is -0.711. The maximum atomic E-state index is 13.6. The van der Waals surface area contributed by atoms with Gasteiger partial charge in [-0.25, -0.2) is 9.37 Å². The Kier molecular flexibility index (Phi) is 4.43. The fourth-order valence-corrected chi connectivity index (χ4v) is 3.16. The van der Waals surface area contributed by atoms with Gasteiger partial charge in [0, 0.05) is 22.8 Å². The van der Waals surface area contributed by atoms with E-state index in [0.29, 0.717) is 0 Å². The number of nitrogens with one attached hydrogen (secondary N) is 1. The Morgan fingerprint density at radius 1 is 1.26 bits per heavy atom. The second-order valence-electron chi connectivity index (χ2n) is 4.97. The fraction of sp³-hybridized carbons (Fsp3) is 0.118. The lowest BCUT2D eigenvalue weighted by atomic mass is 10.2. The molecule has 2 heterocycles. The number of aryl methyl sites for hydroxylation is 1. The van der Waals surface area contributed by atoms with Gasteiger partial charge in [-0.1, -0.05) is 12.1 Å². The summed E-state index contributed by atoms with van der Waals surface area (Å²) in [6.07, 6.45) is 3.60. The molecule has 2 aromatic heterocycles. The molecular weight excluding hydrogens is 313 g/mol. The molecule has 1 amide bonds. The molecule has 0 bridgehead atoms. The van der Waals surface area contributed by atoms with Crippen molar-refractivity contribution in [1.29, 1.82) is 0 Å². The molecule has 0 fully saturated rings. The van der Waals surface area contributed by atoms with Gasteiger partial charge in [-0.15, -0.1) is 11.3 Å². The van der Waals surface area contributed by atoms with E-state index in [1.54, 1.807) is 24.5 Å². The molecule has 1 N–H and O–H groups in total. The SMILES string of the molecule is Cc1nc(-c2cccnc2)sc1CC(=O)Nc1ccccc1F. The van der Waals surface area contributed by atoms with E-state index in [1.165, 1.54) is 23.5 Å². The topological polar surface area (TPSA) is 54.9 Å². The van der Waals surface area contributed by atoms with Crippen LogP contribution < -0.4 is 5.32 Å². The van der Waals surface area contributed by atoms with Gasteiger partial charge in [0.25, 0.3) is 0 Å². The number of hydrogen-bond acceptors (Lipinski definition) is 4. The van der Waals surface area contributed by atoms with E-state index < -0.39 is 5.82 Å². The van der Waals surface area contributed by atoms with Gasteiger partial charge in [0.1, 0.15) is 10.8 Å². The highest BCUT2D eigenvalue weighted by Gasteiger charge is 2.14. The number of pyridine rings is 1. The van der Waals surface area contributed by atoms with Crippen molar-refractivity contribution in [3.63, 3.8) is 0 Å². The quantitative estimate of drug-likeness (QED) is 0.792. The molecule has 0 aliphatic heterocycles. The van der Waals surface area contributed by atoms with Crippen LogP contribution in [0.25, 0.3) is 10.6 Å². The Balaban J connectivity index is 1.74. The first-order valence-corrected chi connectivity index (χ1v) is 7.86. The average molecular weight is 327 g/mol. The summed E-state index contributed by atoms with van der Waals surface area (Å²) in [4.78, 5) is 21.5. The maximum Gasteiger partial charge on any atom is 0.229 e. The summed E-state index contributed by atoms with van der Waals surface area (Å²) in [7, 11) is 0. The average Bonchev–Trinajstić information content (AvgIpc) is 2.91. The van der Waals surface area contributed by atoms with Crippen molar-refractivity contribution >= 4 is 22.9 Å². The summed E-state index contributed by atoms with van der Waals surface area (Å²) < 4.78 is 13.6. The van der Waals surface area contributed by atoms with Gasteiger partial charge in [-0.05, 0) is 31.2 Å². The number of hydrogen-bond donors (Lipinski definition) is 1. The van der Waals surface area contributed by atoms with E-state index in [1.807, 2.05) is 19.1 Å². The summed E-state index contributed by atoms with van der Waals surface area (Å²) in [5, 5.41) is 3.41. The predicted molar refractivity (Wildman–Crippen MR) is 88.8 cm³/mol. The van der Waals surface area contributed by atoms with E-state index in [2.05, 4.69) is 15.3 Å². The number of carbonyl (C=O) groups excluding carboxylic acids is 1. The molecule has 23 heavy (non-hydrogen) atoms. The standard InChI is InChI=1S/C17H14FN3OS/c1-11-15(23-17(20-11)12-5-4-8-19-10-12)9-16(22)21-14-7-3-2-6-13(14)18/h2-8,10H,9H2,1H3,(H,21,22). The highest BCUT2D eigenvalue weighted by Crippen LogP contribution is 2.27. The first-order valence-electron chi connectivity index (χ1n) is 7.04. The minimum Gasteiger partial charge on any atom is -0.323 e. The molecule has 3 rings (SSSR count). The van der Waals surface area contributed by atoms with Crippen LogP contribution in [0.2, 0.25) is 0 Å². The van der Waals surface area contributed by atoms with Crippen molar-refractivity contribution in [1.82, 2.24) is 9.97 Å². The van der Waals surface area contributed by atoms with Gasteiger partial charge >= 0.3 is 0 Å². The van der Waals surface area contributed by atoms with Crippen molar-refractivity contribution in [3.8, 4) is 10.6 Å². The molecule has 116 valence electrons. The highest BCUT2D eigenvalue weighted by molar-refractivity contribution is 7.15. The van der Waals surface area contributed by atoms with Crippen molar-refractivity contribution in [2.45, 2.75) is 13.3 Å². The summed E-state index contributed by atoms with van der Waals surface area (Å²) in [6.45, 7) is 1.86. The molecule has 0 atom stereocenters. The van der Waals surface area contributed by atoms with Crippen LogP contribution in [0.1, 0.15) is 10.6 Å². The van der Waals surface area contributed by atoms with E-state index in [-0.39, 0.29) is 18.0 Å². The molecule has 0 saturated carbocycles. The van der Waals surface area contributed by atoms with Gasteiger partial charge in [0.05, 0.1) is 17.8 Å². The summed E-state index contributed by atoms with van der Waals surface area (Å²) in [5.41, 5.74) is 1.91. The molecule has 4 nitrogen and oxygen atoms in total. The molecule has 0 aliphatic rings. The highest BCUT2D eigenvalue weighted by atomic mass is 32.1. The van der Waals surface area contributed by atoms with Crippen molar-refractivity contribution in [2.24, 2.45) is 0 Å². The molecule has 0 spiro atoms. The monoisotopic (exact) mass is 327 g/mol. The van der Waals surface area contributed by atoms with E-state index in [4.69, 9.17) is 0 Å². The van der Waals surface area contributed by atoms with Crippen LogP contribution in [0.4, 0.5) is 10.1 Å². The molecule has 0 aliphatic carbocycles. The van der Waals surface area contributed by atoms with Crippen LogP contribution in [0, 0.1) is 12.7 Å². The molecule has 0 saturated heterocycles. The van der Waals surface area contributed by atoms with Gasteiger partial charge < -0.3 is 5.32 Å². The number of amides is 1. The number of benzene rings is 1. The Hall–Kier alpha value is -2.60. The Morgan fingerprint density at radius 2 is 2.09 bits per heavy atom. The number of rotatable bonds is 4. The van der Waals surface area contributed by atoms with Crippen LogP contribution >= 0.6 is 11.3 Å². The summed E-state index contributed by atoms with van der Waals surface area (Å²) >= 11 is 1.45. The third kappa shape index (κ3) is 3.60. The number of thiazole rings is 1. The minimum atomic E-state index is -0.446. The van der Waals surface area contributed by atoms with Gasteiger partial charge in [0.2, 0.25) is 5.91 Å². The van der Waals surface area contributed by atoms with Crippen LogP contribution in [-0.2, 0) is 11.2 Å². The molecular formula is C17H14FN3OS. The smallest absolute Gasteiger partial charge is 0.229 e. The van der Waals surface area contributed by atoms with Gasteiger partial charge in [0.15, 0.2) is 0 Å². The second-order valence-corrected chi connectivity index (χ2v) is 6.06. The lowest BCUT2D eigenvalue weighted by Gasteiger charge is -2.05. The molecule has 0 radical (unpaired) electrons. The van der Waals surface area contributed by atoms with Crippen molar-refractivity contribution < 1.29 is 9.18 Å². The number of para-hydroxylation sites is 1. The number of nitrogens with zero attached hydrogens (tertiary/aromatic N) is 2. The number of anilines is 1. The van der Waals surface area contributed by atoms with Gasteiger partial charge in [-0.3, -0.25) is 9.78 Å². The molecule has 0 unspecified atom stereocenters. The normalized spacial score (nSPS) is 10.5. The van der Waals surface area contributed by atoms with Crippen LogP contribution in [0.15, 0.2) is 48.8 Å². The zero-order chi connectivity index (χ0) is 16.2. The van der Waals surface area contributed by atoms with Crippen molar-refractivity contribution in [2.75, 3.05) is 5.32 Å². The molecule has 1 aromatic carbocycles. The van der Waals surface area contributed by atoms with Crippen LogP contribution in [0.3, 0.4) is 0 Å². The minimum absolute atomic E-state index is 0.165. The van der Waals surface area contributed by atoms with Gasteiger partial charge in [-0.2, -0.15) is 0 Å². The summed E-state index contributed by atoms with van der Waals surface area (Å²) in [6, 6.07) is 9.88. The maximum absolute atomic E-state index is 13.6. The first kappa shape index (κ1) is 15.3. The lowest BCUT2D eigenvalue weighted by molar-refractivity contribution is -0.115. The lowest BCUT2D eigenvalue weighted by Crippen LogP contribution is -2.15. The fourth-order valence-electron chi connectivity index (χ4n) is 2.11. The number of halogens is 1. The van der Waals surface area contributed by atoms with E-state index in [9.17, 15) is 9.18 Å². The Morgan fingerprint density at radius 3 is 2.83 bits per heavy atom. The number of aromatic nitrogens is 2. The largest absolute Gasteiger partial charge is 0.323 e.